The summed E-state index contributed by atoms with van der Waals surface area (Å²) in [6.45, 7) is 1.68. The summed E-state index contributed by atoms with van der Waals surface area (Å²) in [7, 11) is -4.01. The minimum Gasteiger partial charge on any atom is -0.335 e. The van der Waals surface area contributed by atoms with Gasteiger partial charge in [-0.2, -0.15) is 0 Å². The highest BCUT2D eigenvalue weighted by atomic mass is 32.2. The van der Waals surface area contributed by atoms with Gasteiger partial charge in [-0.05, 0) is 31.2 Å². The van der Waals surface area contributed by atoms with Gasteiger partial charge >= 0.3 is 0 Å². The Morgan fingerprint density at radius 1 is 1.07 bits per heavy atom. The number of imidazole rings is 1. The average Bonchev–Trinajstić information content (AvgIpc) is 3.01. The lowest BCUT2D eigenvalue weighted by Gasteiger charge is -2.07. The van der Waals surface area contributed by atoms with Gasteiger partial charge in [0.25, 0.3) is 6.43 Å². The molecule has 2 heterocycles. The third kappa shape index (κ3) is 3.70. The van der Waals surface area contributed by atoms with Crippen LogP contribution in [-0.2, 0) is 9.84 Å². The molecule has 0 saturated heterocycles. The normalized spacial score (nSPS) is 12.0. The number of aromatic nitrogens is 3. The zero-order valence-electron chi connectivity index (χ0n) is 14.1. The maximum Gasteiger partial charge on any atom is 0.295 e. The monoisotopic (exact) mass is 399 g/mol. The van der Waals surface area contributed by atoms with Crippen molar-refractivity contribution in [3.63, 3.8) is 0 Å². The van der Waals surface area contributed by atoms with Gasteiger partial charge < -0.3 is 4.98 Å². The molecule has 142 valence electrons. The second-order valence-corrected chi connectivity index (χ2v) is 7.83. The topological polar surface area (TPSA) is 75.7 Å². The van der Waals surface area contributed by atoms with Crippen LogP contribution in [0.25, 0.3) is 22.6 Å². The highest BCUT2D eigenvalue weighted by Crippen LogP contribution is 2.34. The summed E-state index contributed by atoms with van der Waals surface area (Å²) in [5.41, 5.74) is 0.00253. The summed E-state index contributed by atoms with van der Waals surface area (Å²) >= 11 is 0. The third-order valence-electron chi connectivity index (χ3n) is 3.75. The number of sulfone groups is 1. The molecule has 0 unspecified atom stereocenters. The number of aryl methyl sites for hydroxylation is 1. The van der Waals surface area contributed by atoms with Crippen LogP contribution >= 0.6 is 0 Å². The van der Waals surface area contributed by atoms with Crippen LogP contribution < -0.4 is 0 Å². The number of benzene rings is 1. The van der Waals surface area contributed by atoms with Crippen molar-refractivity contribution in [3.8, 4) is 22.6 Å². The van der Waals surface area contributed by atoms with Crippen LogP contribution in [0.4, 0.5) is 17.6 Å². The van der Waals surface area contributed by atoms with E-state index < -0.39 is 44.2 Å². The van der Waals surface area contributed by atoms with E-state index in [1.165, 1.54) is 6.07 Å². The Morgan fingerprint density at radius 3 is 2.37 bits per heavy atom. The highest BCUT2D eigenvalue weighted by Gasteiger charge is 2.25. The summed E-state index contributed by atoms with van der Waals surface area (Å²) in [5.74, 6) is -3.06. The summed E-state index contributed by atoms with van der Waals surface area (Å²) in [6, 6.07) is 5.92. The molecule has 3 aromatic rings. The number of alkyl halides is 2. The van der Waals surface area contributed by atoms with Crippen molar-refractivity contribution in [1.82, 2.24) is 15.0 Å². The van der Waals surface area contributed by atoms with Crippen LogP contribution in [0, 0.1) is 18.6 Å². The lowest BCUT2D eigenvalue weighted by Crippen LogP contribution is -2.03. The molecule has 5 nitrogen and oxygen atoms in total. The minimum atomic E-state index is -4.01. The molecule has 0 fully saturated rings. The number of rotatable bonds is 4. The van der Waals surface area contributed by atoms with Gasteiger partial charge in [-0.25, -0.2) is 31.0 Å². The number of halogens is 4. The zero-order chi connectivity index (χ0) is 19.9. The molecule has 3 rings (SSSR count). The Bertz CT molecular complexity index is 1130. The number of nitrogens with one attached hydrogen (secondary N) is 1. The molecule has 10 heteroatoms. The fourth-order valence-corrected chi connectivity index (χ4v) is 3.28. The Balaban J connectivity index is 2.27. The largest absolute Gasteiger partial charge is 0.335 e. The number of aromatic amines is 1. The third-order valence-corrected chi connectivity index (χ3v) is 4.86. The molecule has 2 aromatic heterocycles. The molecule has 0 saturated carbocycles. The lowest BCUT2D eigenvalue weighted by atomic mass is 10.1. The second kappa shape index (κ2) is 6.76. The Morgan fingerprint density at radius 2 is 1.78 bits per heavy atom. The maximum absolute atomic E-state index is 14.5. The number of nitrogens with zero attached hydrogens (tertiary/aromatic N) is 2. The van der Waals surface area contributed by atoms with E-state index in [1.807, 2.05) is 0 Å². The fraction of sp³-hybridized carbons (Fsp3) is 0.176. The van der Waals surface area contributed by atoms with Gasteiger partial charge in [0.1, 0.15) is 22.2 Å². The van der Waals surface area contributed by atoms with Gasteiger partial charge in [-0.3, -0.25) is 4.98 Å². The lowest BCUT2D eigenvalue weighted by molar-refractivity contribution is 0.141. The molecule has 0 radical (unpaired) electrons. The van der Waals surface area contributed by atoms with Crippen LogP contribution in [0.2, 0.25) is 0 Å². The Kier molecular flexibility index (Phi) is 4.77. The van der Waals surface area contributed by atoms with E-state index in [9.17, 15) is 26.0 Å². The summed E-state index contributed by atoms with van der Waals surface area (Å²) in [4.78, 5) is 9.41. The van der Waals surface area contributed by atoms with E-state index in [-0.39, 0.29) is 17.1 Å². The van der Waals surface area contributed by atoms with Gasteiger partial charge in [0, 0.05) is 17.5 Å². The average molecular weight is 399 g/mol. The number of pyridine rings is 1. The van der Waals surface area contributed by atoms with E-state index in [4.69, 9.17) is 0 Å². The van der Waals surface area contributed by atoms with Crippen LogP contribution in [-0.4, -0.2) is 29.6 Å². The number of hydrogen-bond donors (Lipinski definition) is 1. The van der Waals surface area contributed by atoms with Crippen molar-refractivity contribution in [1.29, 1.82) is 0 Å². The van der Waals surface area contributed by atoms with Gasteiger partial charge in [0.05, 0.1) is 11.4 Å². The van der Waals surface area contributed by atoms with Crippen LogP contribution in [0.5, 0.6) is 0 Å². The molecule has 0 amide bonds. The van der Waals surface area contributed by atoms with E-state index >= 15 is 0 Å². The van der Waals surface area contributed by atoms with Crippen LogP contribution in [0.1, 0.15) is 17.9 Å². The predicted octanol–water partition coefficient (Wildman–Crippen LogP) is 4.07. The van der Waals surface area contributed by atoms with Crippen molar-refractivity contribution in [3.05, 3.63) is 53.5 Å². The highest BCUT2D eigenvalue weighted by molar-refractivity contribution is 7.90. The number of H-pyrrole nitrogens is 1. The molecule has 1 aromatic carbocycles. The maximum atomic E-state index is 14.5. The molecule has 0 bridgehead atoms. The first-order chi connectivity index (χ1) is 12.6. The van der Waals surface area contributed by atoms with Gasteiger partial charge in [-0.15, -0.1) is 0 Å². The van der Waals surface area contributed by atoms with E-state index in [0.29, 0.717) is 17.8 Å². The number of hydrogen-bond acceptors (Lipinski definition) is 4. The van der Waals surface area contributed by atoms with Gasteiger partial charge in [0.15, 0.2) is 15.7 Å². The molecule has 0 spiro atoms. The minimum absolute atomic E-state index is 0.0283. The van der Waals surface area contributed by atoms with Crippen molar-refractivity contribution >= 4 is 9.84 Å². The molecule has 1 N–H and O–H groups in total. The summed E-state index contributed by atoms with van der Waals surface area (Å²) < 4.78 is 78.1. The van der Waals surface area contributed by atoms with Gasteiger partial charge in [-0.1, -0.05) is 6.07 Å². The van der Waals surface area contributed by atoms with E-state index in [2.05, 4.69) is 15.0 Å². The van der Waals surface area contributed by atoms with Gasteiger partial charge in [0.2, 0.25) is 0 Å². The predicted molar refractivity (Wildman–Crippen MR) is 90.0 cm³/mol. The first kappa shape index (κ1) is 19.0. The van der Waals surface area contributed by atoms with E-state index in [1.54, 1.807) is 19.1 Å². The molecular weight excluding hydrogens is 386 g/mol. The van der Waals surface area contributed by atoms with Crippen LogP contribution in [0.3, 0.4) is 0 Å². The molecule has 27 heavy (non-hydrogen) atoms. The Labute approximate surface area is 152 Å². The van der Waals surface area contributed by atoms with Crippen molar-refractivity contribution in [2.75, 3.05) is 6.26 Å². The van der Waals surface area contributed by atoms with Crippen molar-refractivity contribution in [2.24, 2.45) is 0 Å². The quantitative estimate of drug-likeness (QED) is 0.671. The fourth-order valence-electron chi connectivity index (χ4n) is 2.55. The Hall–Kier alpha value is -2.75. The summed E-state index contributed by atoms with van der Waals surface area (Å²) in [6.07, 6.45) is -2.25. The molecule has 0 aliphatic heterocycles. The first-order valence-electron chi connectivity index (χ1n) is 7.59. The smallest absolute Gasteiger partial charge is 0.295 e. The molecule has 0 aliphatic rings. The SMILES string of the molecule is Cc1cccc(-c2[nH]c(C(F)F)nc2-c2cc(F)c(S(C)(=O)=O)cc2F)n1. The standard InChI is InChI=1S/C17H13F4N3O2S/c1-8-4-3-5-12(22-8)15-14(23-17(24-15)16(20)21)9-6-11(19)13(7-10(9)18)27(2,25)26/h3-7,16H,1-2H3,(H,23,24). The zero-order valence-corrected chi connectivity index (χ0v) is 14.9. The second-order valence-electron chi connectivity index (χ2n) is 5.85. The first-order valence-corrected chi connectivity index (χ1v) is 9.48. The molecule has 0 aliphatic carbocycles. The molecular formula is C17H13F4N3O2S. The molecule has 0 atom stereocenters. The summed E-state index contributed by atoms with van der Waals surface area (Å²) in [5, 5.41) is 0. The van der Waals surface area contributed by atoms with E-state index in [0.717, 1.165) is 6.26 Å². The van der Waals surface area contributed by atoms with Crippen molar-refractivity contribution < 1.29 is 26.0 Å². The van der Waals surface area contributed by atoms with Crippen molar-refractivity contribution in [2.45, 2.75) is 18.2 Å². The van der Waals surface area contributed by atoms with Crippen LogP contribution in [0.15, 0.2) is 35.2 Å².